The second-order valence-corrected chi connectivity index (χ2v) is 8.86. The number of benzene rings is 4. The molecule has 0 fully saturated rings. The molecule has 0 radical (unpaired) electrons. The van der Waals surface area contributed by atoms with Crippen LogP contribution in [0.2, 0.25) is 0 Å². The molecule has 0 aliphatic heterocycles. The third-order valence-corrected chi connectivity index (χ3v) is 7.37. The Labute approximate surface area is 179 Å². The Morgan fingerprint density at radius 1 is 0.733 bits per heavy atom. The lowest BCUT2D eigenvalue weighted by atomic mass is 10.1. The number of rotatable bonds is 2. The predicted molar refractivity (Wildman–Crippen MR) is 133 cm³/mol. The zero-order chi connectivity index (χ0) is 20.2. The van der Waals surface area contributed by atoms with E-state index < -0.39 is 0 Å². The van der Waals surface area contributed by atoms with Crippen molar-refractivity contribution in [2.24, 2.45) is 0 Å². The van der Waals surface area contributed by atoms with Gasteiger partial charge in [-0.3, -0.25) is 0 Å². The summed E-state index contributed by atoms with van der Waals surface area (Å²) < 4.78 is 5.18. The van der Waals surface area contributed by atoms with Gasteiger partial charge in [0, 0.05) is 26.5 Å². The molecule has 2 aromatic heterocycles. The van der Waals surface area contributed by atoms with E-state index in [2.05, 4.69) is 109 Å². The molecule has 0 unspecified atom stereocenters. The van der Waals surface area contributed by atoms with Crippen molar-refractivity contribution in [2.45, 2.75) is 13.8 Å². The Morgan fingerprint density at radius 2 is 1.47 bits per heavy atom. The van der Waals surface area contributed by atoms with Crippen LogP contribution in [0.25, 0.3) is 53.2 Å². The van der Waals surface area contributed by atoms with E-state index in [0.29, 0.717) is 0 Å². The van der Waals surface area contributed by atoms with E-state index >= 15 is 0 Å². The first-order valence-electron chi connectivity index (χ1n) is 10.3. The second kappa shape index (κ2) is 6.58. The first-order chi connectivity index (χ1) is 14.8. The van der Waals surface area contributed by atoms with Crippen molar-refractivity contribution in [3.63, 3.8) is 0 Å². The minimum atomic E-state index is 1.21. The molecule has 0 N–H and O–H groups in total. The molecule has 0 saturated carbocycles. The van der Waals surface area contributed by atoms with Gasteiger partial charge >= 0.3 is 0 Å². The van der Waals surface area contributed by atoms with Crippen molar-refractivity contribution in [3.05, 3.63) is 96.6 Å². The molecule has 0 saturated heterocycles. The minimum absolute atomic E-state index is 1.21. The van der Waals surface area contributed by atoms with Gasteiger partial charge in [0.15, 0.2) is 0 Å². The van der Waals surface area contributed by atoms with Gasteiger partial charge < -0.3 is 4.57 Å². The van der Waals surface area contributed by atoms with Crippen LogP contribution >= 0.6 is 11.3 Å². The maximum Gasteiger partial charge on any atom is 0.0727 e. The number of hydrogen-bond acceptors (Lipinski definition) is 1. The number of thiophene rings is 1. The molecule has 30 heavy (non-hydrogen) atoms. The van der Waals surface area contributed by atoms with Crippen LogP contribution in [0.5, 0.6) is 0 Å². The van der Waals surface area contributed by atoms with E-state index in [0.717, 1.165) is 0 Å². The molecule has 6 aromatic rings. The van der Waals surface area contributed by atoms with Crippen LogP contribution in [0.4, 0.5) is 0 Å². The summed E-state index contributed by atoms with van der Waals surface area (Å²) in [4.78, 5) is 0. The summed E-state index contributed by atoms with van der Waals surface area (Å²) in [5.74, 6) is 0. The van der Waals surface area contributed by atoms with Gasteiger partial charge in [-0.15, -0.1) is 11.3 Å². The Bertz CT molecular complexity index is 1590. The van der Waals surface area contributed by atoms with Gasteiger partial charge in [-0.25, -0.2) is 0 Å². The number of allylic oxidation sites excluding steroid dienone is 2. The van der Waals surface area contributed by atoms with Crippen molar-refractivity contribution >= 4 is 58.9 Å². The van der Waals surface area contributed by atoms with Crippen molar-refractivity contribution in [1.82, 2.24) is 4.57 Å². The van der Waals surface area contributed by atoms with E-state index in [1.807, 2.05) is 11.3 Å². The van der Waals surface area contributed by atoms with Gasteiger partial charge in [-0.2, -0.15) is 0 Å². The zero-order valence-corrected chi connectivity index (χ0v) is 17.8. The van der Waals surface area contributed by atoms with E-state index in [9.17, 15) is 0 Å². The lowest BCUT2D eigenvalue weighted by Crippen LogP contribution is -1.95. The SMILES string of the molecule is C/C=C(\C)c1ccc(-n2c3c4ccccc4ccc3c3sc4ccccc4c32)cc1. The van der Waals surface area contributed by atoms with E-state index in [-0.39, 0.29) is 0 Å². The van der Waals surface area contributed by atoms with Crippen LogP contribution < -0.4 is 0 Å². The third-order valence-electron chi connectivity index (χ3n) is 6.18. The van der Waals surface area contributed by atoms with Crippen molar-refractivity contribution in [3.8, 4) is 5.69 Å². The average Bonchev–Trinajstić information content (AvgIpc) is 3.33. The van der Waals surface area contributed by atoms with E-state index in [4.69, 9.17) is 0 Å². The van der Waals surface area contributed by atoms with Crippen LogP contribution in [-0.2, 0) is 0 Å². The summed E-state index contributed by atoms with van der Waals surface area (Å²) in [6.07, 6.45) is 2.16. The van der Waals surface area contributed by atoms with E-state index in [1.165, 1.54) is 58.8 Å². The van der Waals surface area contributed by atoms with Gasteiger partial charge in [0.2, 0.25) is 0 Å². The van der Waals surface area contributed by atoms with Crippen LogP contribution in [0.1, 0.15) is 19.4 Å². The van der Waals surface area contributed by atoms with Gasteiger partial charge in [0.05, 0.1) is 15.7 Å². The first kappa shape index (κ1) is 17.5. The summed E-state index contributed by atoms with van der Waals surface area (Å²) in [5.41, 5.74) is 6.40. The number of hydrogen-bond donors (Lipinski definition) is 0. The molecule has 0 aliphatic carbocycles. The maximum atomic E-state index is 2.47. The molecule has 0 bridgehead atoms. The average molecular weight is 404 g/mol. The molecule has 2 heterocycles. The van der Waals surface area contributed by atoms with Crippen molar-refractivity contribution in [2.75, 3.05) is 0 Å². The molecular formula is C28H21NS. The highest BCUT2D eigenvalue weighted by atomic mass is 32.1. The van der Waals surface area contributed by atoms with Gasteiger partial charge in [-0.05, 0) is 48.6 Å². The predicted octanol–water partition coefficient (Wildman–Crippen LogP) is 8.57. The highest BCUT2D eigenvalue weighted by Gasteiger charge is 2.19. The Kier molecular flexibility index (Phi) is 3.84. The molecule has 2 heteroatoms. The standard InChI is InChI=1S/C28H21NS/c1-3-18(2)19-12-15-21(16-13-19)29-26-22-9-5-4-8-20(22)14-17-24(26)28-27(29)23-10-6-7-11-25(23)30-28/h3-17H,1-2H3/b18-3+. The highest BCUT2D eigenvalue weighted by Crippen LogP contribution is 2.44. The van der Waals surface area contributed by atoms with Gasteiger partial charge in [0.1, 0.15) is 0 Å². The summed E-state index contributed by atoms with van der Waals surface area (Å²) in [6.45, 7) is 4.26. The summed E-state index contributed by atoms with van der Waals surface area (Å²) >= 11 is 1.90. The fraction of sp³-hybridized carbons (Fsp3) is 0.0714. The molecule has 0 spiro atoms. The van der Waals surface area contributed by atoms with Crippen molar-refractivity contribution in [1.29, 1.82) is 0 Å². The minimum Gasteiger partial charge on any atom is -0.307 e. The Hall–Kier alpha value is -3.36. The fourth-order valence-electron chi connectivity index (χ4n) is 4.53. The normalized spacial score (nSPS) is 12.5. The maximum absolute atomic E-state index is 2.47. The summed E-state index contributed by atoms with van der Waals surface area (Å²) in [5, 5.41) is 5.24. The lowest BCUT2D eigenvalue weighted by molar-refractivity contribution is 1.19. The van der Waals surface area contributed by atoms with Crippen LogP contribution in [0.15, 0.2) is 91.0 Å². The first-order valence-corrected chi connectivity index (χ1v) is 11.1. The summed E-state index contributed by atoms with van der Waals surface area (Å²) in [7, 11) is 0. The van der Waals surface area contributed by atoms with Crippen LogP contribution in [0, 0.1) is 0 Å². The van der Waals surface area contributed by atoms with Crippen LogP contribution in [-0.4, -0.2) is 4.57 Å². The number of fused-ring (bicyclic) bond motifs is 7. The van der Waals surface area contributed by atoms with E-state index in [1.54, 1.807) is 0 Å². The Morgan fingerprint density at radius 3 is 2.27 bits per heavy atom. The van der Waals surface area contributed by atoms with Crippen LogP contribution in [0.3, 0.4) is 0 Å². The fourth-order valence-corrected chi connectivity index (χ4v) is 5.74. The zero-order valence-electron chi connectivity index (χ0n) is 17.0. The van der Waals surface area contributed by atoms with Gasteiger partial charge in [0.25, 0.3) is 0 Å². The number of aromatic nitrogens is 1. The Balaban J connectivity index is 1.80. The molecule has 1 nitrogen and oxygen atoms in total. The third kappa shape index (κ3) is 2.41. The molecule has 144 valence electrons. The highest BCUT2D eigenvalue weighted by molar-refractivity contribution is 7.26. The smallest absolute Gasteiger partial charge is 0.0727 e. The van der Waals surface area contributed by atoms with Crippen molar-refractivity contribution < 1.29 is 0 Å². The molecule has 0 atom stereocenters. The lowest BCUT2D eigenvalue weighted by Gasteiger charge is -2.11. The molecular weight excluding hydrogens is 382 g/mol. The molecule has 6 rings (SSSR count). The monoisotopic (exact) mass is 403 g/mol. The molecule has 0 amide bonds. The second-order valence-electron chi connectivity index (χ2n) is 7.81. The quantitative estimate of drug-likeness (QED) is 0.273. The number of nitrogens with zero attached hydrogens (tertiary/aromatic N) is 1. The van der Waals surface area contributed by atoms with Gasteiger partial charge in [-0.1, -0.05) is 72.8 Å². The molecule has 0 aliphatic rings. The summed E-state index contributed by atoms with van der Waals surface area (Å²) in [6, 6.07) is 31.0. The largest absolute Gasteiger partial charge is 0.307 e. The molecule has 4 aromatic carbocycles. The topological polar surface area (TPSA) is 4.93 Å².